The predicted octanol–water partition coefficient (Wildman–Crippen LogP) is 4.26. The molecule has 0 spiro atoms. The highest BCUT2D eigenvalue weighted by Gasteiger charge is 2.13. The molecule has 1 aliphatic rings. The third-order valence-corrected chi connectivity index (χ3v) is 4.36. The molecule has 1 aromatic rings. The normalized spacial score (nSPS) is 18.6. The minimum atomic E-state index is 0.616. The van der Waals surface area contributed by atoms with Crippen molar-refractivity contribution in [3.8, 4) is 0 Å². The maximum Gasteiger partial charge on any atom is 0.205 e. The van der Waals surface area contributed by atoms with Gasteiger partial charge >= 0.3 is 0 Å². The van der Waals surface area contributed by atoms with Gasteiger partial charge in [0, 0.05) is 12.5 Å². The van der Waals surface area contributed by atoms with E-state index in [1.165, 1.54) is 50.0 Å². The third-order valence-electron chi connectivity index (χ3n) is 3.48. The Balaban J connectivity index is 1.85. The molecule has 1 heterocycles. The van der Waals surface area contributed by atoms with Crippen LogP contribution in [0.25, 0.3) is 0 Å². The molecule has 0 amide bonds. The van der Waals surface area contributed by atoms with E-state index in [1.807, 2.05) is 0 Å². The largest absolute Gasteiger partial charge is 0.357 e. The molecule has 2 rings (SSSR count). The van der Waals surface area contributed by atoms with Gasteiger partial charge in [0.2, 0.25) is 5.13 Å². The van der Waals surface area contributed by atoms with Gasteiger partial charge in [0.05, 0.1) is 0 Å². The molecule has 1 saturated carbocycles. The number of nitrogens with one attached hydrogen (secondary N) is 1. The zero-order chi connectivity index (χ0) is 12.8. The molecule has 0 unspecified atom stereocenters. The first kappa shape index (κ1) is 13.8. The summed E-state index contributed by atoms with van der Waals surface area (Å²) >= 11 is 1.73. The molecule has 1 aromatic heterocycles. The van der Waals surface area contributed by atoms with E-state index in [0.717, 1.165) is 11.6 Å². The molecule has 0 aromatic carbocycles. The fourth-order valence-electron chi connectivity index (χ4n) is 2.52. The minimum absolute atomic E-state index is 0.616. The van der Waals surface area contributed by atoms with E-state index in [2.05, 4.69) is 29.4 Å². The quantitative estimate of drug-likeness (QED) is 0.885. The van der Waals surface area contributed by atoms with Crippen molar-refractivity contribution in [3.63, 3.8) is 0 Å². The molecule has 0 saturated heterocycles. The molecule has 0 bridgehead atoms. The van der Waals surface area contributed by atoms with Crippen LogP contribution in [0.1, 0.15) is 63.8 Å². The van der Waals surface area contributed by atoms with Crippen molar-refractivity contribution >= 4 is 16.5 Å². The fraction of sp³-hybridized carbons (Fsp3) is 0.857. The number of nitrogens with zero attached hydrogens (tertiary/aromatic N) is 2. The highest BCUT2D eigenvalue weighted by Crippen LogP contribution is 2.23. The zero-order valence-corrected chi connectivity index (χ0v) is 12.4. The van der Waals surface area contributed by atoms with E-state index in [-0.39, 0.29) is 0 Å². The average molecular weight is 267 g/mol. The molecular weight excluding hydrogens is 242 g/mol. The summed E-state index contributed by atoms with van der Waals surface area (Å²) in [6.07, 6.45) is 10.6. The Kier molecular flexibility index (Phi) is 5.42. The van der Waals surface area contributed by atoms with Gasteiger partial charge in [-0.3, -0.25) is 0 Å². The first-order valence-electron chi connectivity index (χ1n) is 7.33. The van der Waals surface area contributed by atoms with Crippen molar-refractivity contribution in [2.75, 3.05) is 5.32 Å². The summed E-state index contributed by atoms with van der Waals surface area (Å²) in [5.41, 5.74) is 0. The van der Waals surface area contributed by atoms with Gasteiger partial charge in [-0.15, -0.1) is 10.2 Å². The molecule has 0 aliphatic heterocycles. The highest BCUT2D eigenvalue weighted by molar-refractivity contribution is 7.15. The molecule has 4 heteroatoms. The summed E-state index contributed by atoms with van der Waals surface area (Å²) in [6.45, 7) is 4.45. The lowest BCUT2D eigenvalue weighted by molar-refractivity contribution is 0.471. The van der Waals surface area contributed by atoms with Crippen LogP contribution in [0.15, 0.2) is 0 Å². The molecule has 1 N–H and O–H groups in total. The summed E-state index contributed by atoms with van der Waals surface area (Å²) in [5, 5.41) is 14.3. The molecule has 0 atom stereocenters. The Hall–Kier alpha value is -0.640. The Morgan fingerprint density at radius 3 is 2.44 bits per heavy atom. The van der Waals surface area contributed by atoms with Crippen molar-refractivity contribution in [2.45, 2.75) is 71.3 Å². The van der Waals surface area contributed by atoms with Crippen molar-refractivity contribution in [1.82, 2.24) is 10.2 Å². The topological polar surface area (TPSA) is 37.8 Å². The number of aromatic nitrogens is 2. The van der Waals surface area contributed by atoms with Crippen LogP contribution in [0.4, 0.5) is 5.13 Å². The Morgan fingerprint density at radius 1 is 1.11 bits per heavy atom. The van der Waals surface area contributed by atoms with Crippen LogP contribution in [-0.4, -0.2) is 16.2 Å². The lowest BCUT2D eigenvalue weighted by atomic mass is 9.97. The molecule has 3 nitrogen and oxygen atoms in total. The highest BCUT2D eigenvalue weighted by atomic mass is 32.1. The summed E-state index contributed by atoms with van der Waals surface area (Å²) < 4.78 is 0. The molecule has 18 heavy (non-hydrogen) atoms. The van der Waals surface area contributed by atoms with Gasteiger partial charge in [0.1, 0.15) is 5.01 Å². The Bertz CT molecular complexity index is 341. The van der Waals surface area contributed by atoms with Crippen molar-refractivity contribution in [3.05, 3.63) is 5.01 Å². The van der Waals surface area contributed by atoms with Crippen LogP contribution < -0.4 is 5.32 Å². The minimum Gasteiger partial charge on any atom is -0.357 e. The van der Waals surface area contributed by atoms with Crippen molar-refractivity contribution in [1.29, 1.82) is 0 Å². The molecule has 102 valence electrons. The van der Waals surface area contributed by atoms with Crippen LogP contribution >= 0.6 is 11.3 Å². The second-order valence-corrected chi connectivity index (χ2v) is 6.85. The average Bonchev–Trinajstić information content (AvgIpc) is 2.68. The molecule has 0 radical (unpaired) electrons. The van der Waals surface area contributed by atoms with E-state index in [0.29, 0.717) is 12.0 Å². The number of rotatable bonds is 4. The van der Waals surface area contributed by atoms with Gasteiger partial charge in [0.15, 0.2) is 0 Å². The van der Waals surface area contributed by atoms with Gasteiger partial charge < -0.3 is 5.32 Å². The third kappa shape index (κ3) is 4.56. The monoisotopic (exact) mass is 267 g/mol. The Morgan fingerprint density at radius 2 is 1.78 bits per heavy atom. The second kappa shape index (κ2) is 7.07. The van der Waals surface area contributed by atoms with Crippen molar-refractivity contribution < 1.29 is 0 Å². The summed E-state index contributed by atoms with van der Waals surface area (Å²) in [6, 6.07) is 0.616. The lowest BCUT2D eigenvalue weighted by Gasteiger charge is -2.20. The van der Waals surface area contributed by atoms with Crippen LogP contribution in [0.3, 0.4) is 0 Å². The van der Waals surface area contributed by atoms with Gasteiger partial charge in [-0.2, -0.15) is 0 Å². The molecular formula is C14H25N3S. The maximum absolute atomic E-state index is 4.27. The number of hydrogen-bond acceptors (Lipinski definition) is 4. The summed E-state index contributed by atoms with van der Waals surface area (Å²) in [7, 11) is 0. The van der Waals surface area contributed by atoms with Gasteiger partial charge in [-0.1, -0.05) is 57.3 Å². The maximum atomic E-state index is 4.27. The second-order valence-electron chi connectivity index (χ2n) is 5.79. The van der Waals surface area contributed by atoms with Crippen LogP contribution in [0.5, 0.6) is 0 Å². The number of hydrogen-bond donors (Lipinski definition) is 1. The van der Waals surface area contributed by atoms with Crippen LogP contribution in [-0.2, 0) is 6.42 Å². The lowest BCUT2D eigenvalue weighted by Crippen LogP contribution is -2.20. The Labute approximate surface area is 114 Å². The van der Waals surface area contributed by atoms with Gasteiger partial charge in [0.25, 0.3) is 0 Å². The van der Waals surface area contributed by atoms with Crippen LogP contribution in [0.2, 0.25) is 0 Å². The van der Waals surface area contributed by atoms with Gasteiger partial charge in [-0.25, -0.2) is 0 Å². The van der Waals surface area contributed by atoms with E-state index in [1.54, 1.807) is 11.3 Å². The molecule has 1 fully saturated rings. The van der Waals surface area contributed by atoms with E-state index >= 15 is 0 Å². The van der Waals surface area contributed by atoms with Crippen molar-refractivity contribution in [2.24, 2.45) is 5.92 Å². The predicted molar refractivity (Wildman–Crippen MR) is 78.2 cm³/mol. The van der Waals surface area contributed by atoms with E-state index in [4.69, 9.17) is 0 Å². The van der Waals surface area contributed by atoms with E-state index < -0.39 is 0 Å². The zero-order valence-electron chi connectivity index (χ0n) is 11.6. The van der Waals surface area contributed by atoms with E-state index in [9.17, 15) is 0 Å². The first-order valence-corrected chi connectivity index (χ1v) is 8.14. The molecule has 1 aliphatic carbocycles. The summed E-state index contributed by atoms with van der Waals surface area (Å²) in [5.74, 6) is 0.659. The number of anilines is 1. The van der Waals surface area contributed by atoms with Crippen LogP contribution in [0, 0.1) is 5.92 Å². The fourth-order valence-corrected chi connectivity index (χ4v) is 3.55. The smallest absolute Gasteiger partial charge is 0.205 e. The first-order chi connectivity index (χ1) is 8.74. The summed E-state index contributed by atoms with van der Waals surface area (Å²) in [4.78, 5) is 0. The van der Waals surface area contributed by atoms with Gasteiger partial charge in [-0.05, 0) is 18.8 Å². The standard InChI is InChI=1S/C14H25N3S/c1-11(2)10-13-16-17-14(18-13)15-12-8-6-4-3-5-7-9-12/h11-12H,3-10H2,1-2H3,(H,15,17). The SMILES string of the molecule is CC(C)Cc1nnc(NC2CCCCCCC2)s1.